The Labute approximate surface area is 109 Å². The SMILES string of the molecule is CC(Cl)c1cnn(Cc2ccc(F)cc2Cl)c1. The first-order valence-corrected chi connectivity index (χ1v) is 5.98. The zero-order chi connectivity index (χ0) is 12.4. The fourth-order valence-corrected chi connectivity index (χ4v) is 1.84. The summed E-state index contributed by atoms with van der Waals surface area (Å²) in [6.07, 6.45) is 3.58. The summed E-state index contributed by atoms with van der Waals surface area (Å²) in [6, 6.07) is 4.34. The van der Waals surface area contributed by atoms with Crippen LogP contribution in [0.15, 0.2) is 30.6 Å². The van der Waals surface area contributed by atoms with E-state index in [1.165, 1.54) is 12.1 Å². The van der Waals surface area contributed by atoms with Gasteiger partial charge in [-0.05, 0) is 24.6 Å². The highest BCUT2D eigenvalue weighted by atomic mass is 35.5. The zero-order valence-electron chi connectivity index (χ0n) is 9.20. The third-order valence-corrected chi connectivity index (χ3v) is 3.06. The molecule has 0 saturated carbocycles. The average molecular weight is 273 g/mol. The molecule has 2 rings (SSSR count). The minimum atomic E-state index is -0.339. The molecular weight excluding hydrogens is 262 g/mol. The van der Waals surface area contributed by atoms with E-state index >= 15 is 0 Å². The molecule has 2 nitrogen and oxygen atoms in total. The Hall–Kier alpha value is -1.06. The van der Waals surface area contributed by atoms with Crippen LogP contribution >= 0.6 is 23.2 Å². The number of aromatic nitrogens is 2. The number of nitrogens with zero attached hydrogens (tertiary/aromatic N) is 2. The van der Waals surface area contributed by atoms with E-state index in [9.17, 15) is 4.39 Å². The normalized spacial score (nSPS) is 12.7. The first-order chi connectivity index (χ1) is 8.06. The van der Waals surface area contributed by atoms with Gasteiger partial charge in [0.1, 0.15) is 5.82 Å². The van der Waals surface area contributed by atoms with Crippen molar-refractivity contribution in [3.05, 3.63) is 52.6 Å². The van der Waals surface area contributed by atoms with Gasteiger partial charge in [0.25, 0.3) is 0 Å². The van der Waals surface area contributed by atoms with E-state index in [4.69, 9.17) is 23.2 Å². The molecule has 17 heavy (non-hydrogen) atoms. The maximum atomic E-state index is 12.9. The second kappa shape index (κ2) is 5.07. The number of hydrogen-bond acceptors (Lipinski definition) is 1. The molecule has 0 amide bonds. The van der Waals surface area contributed by atoms with Gasteiger partial charge in [-0.1, -0.05) is 17.7 Å². The van der Waals surface area contributed by atoms with Gasteiger partial charge in [-0.3, -0.25) is 4.68 Å². The molecule has 0 bridgehead atoms. The molecule has 0 radical (unpaired) electrons. The summed E-state index contributed by atoms with van der Waals surface area (Å²) in [4.78, 5) is 0. The van der Waals surface area contributed by atoms with Crippen molar-refractivity contribution in [3.63, 3.8) is 0 Å². The lowest BCUT2D eigenvalue weighted by Crippen LogP contribution is -2.00. The van der Waals surface area contributed by atoms with Gasteiger partial charge >= 0.3 is 0 Å². The van der Waals surface area contributed by atoms with Crippen molar-refractivity contribution in [1.29, 1.82) is 0 Å². The molecule has 0 aliphatic rings. The first kappa shape index (κ1) is 12.4. The van der Waals surface area contributed by atoms with E-state index in [-0.39, 0.29) is 11.2 Å². The summed E-state index contributed by atoms with van der Waals surface area (Å²) in [5.41, 5.74) is 1.77. The highest BCUT2D eigenvalue weighted by Crippen LogP contribution is 2.21. The summed E-state index contributed by atoms with van der Waals surface area (Å²) < 4.78 is 14.6. The standard InChI is InChI=1S/C12H11Cl2FN2/c1-8(13)10-5-16-17(7-10)6-9-2-3-11(15)4-12(9)14/h2-5,7-8H,6H2,1H3. The highest BCUT2D eigenvalue weighted by Gasteiger charge is 2.07. The molecule has 1 aromatic carbocycles. The Morgan fingerprint density at radius 1 is 1.47 bits per heavy atom. The van der Waals surface area contributed by atoms with Crippen molar-refractivity contribution in [2.45, 2.75) is 18.8 Å². The molecule has 0 fully saturated rings. The van der Waals surface area contributed by atoms with Crippen LogP contribution in [0.4, 0.5) is 4.39 Å². The average Bonchev–Trinajstić information content (AvgIpc) is 2.71. The summed E-state index contributed by atoms with van der Waals surface area (Å²) >= 11 is 11.9. The minimum Gasteiger partial charge on any atom is -0.268 e. The summed E-state index contributed by atoms with van der Waals surface area (Å²) in [5.74, 6) is -0.339. The van der Waals surface area contributed by atoms with Gasteiger partial charge in [0.05, 0.1) is 18.1 Å². The van der Waals surface area contributed by atoms with Crippen molar-refractivity contribution < 1.29 is 4.39 Å². The first-order valence-electron chi connectivity index (χ1n) is 5.16. The van der Waals surface area contributed by atoms with Gasteiger partial charge < -0.3 is 0 Å². The number of hydrogen-bond donors (Lipinski definition) is 0. The molecule has 1 unspecified atom stereocenters. The molecule has 1 heterocycles. The summed E-state index contributed by atoms with van der Waals surface area (Å²) in [6.45, 7) is 2.39. The molecule has 0 N–H and O–H groups in total. The van der Waals surface area contributed by atoms with Crippen molar-refractivity contribution in [3.8, 4) is 0 Å². The van der Waals surface area contributed by atoms with Crippen molar-refractivity contribution in [2.75, 3.05) is 0 Å². The summed E-state index contributed by atoms with van der Waals surface area (Å²) in [5, 5.41) is 4.50. The molecule has 1 aromatic heterocycles. The van der Waals surface area contributed by atoms with Crippen LogP contribution < -0.4 is 0 Å². The fraction of sp³-hybridized carbons (Fsp3) is 0.250. The Bertz CT molecular complexity index is 523. The van der Waals surface area contributed by atoms with Crippen LogP contribution in [0.2, 0.25) is 5.02 Å². The van der Waals surface area contributed by atoms with Gasteiger partial charge in [0, 0.05) is 16.8 Å². The highest BCUT2D eigenvalue weighted by molar-refractivity contribution is 6.31. The molecule has 2 aromatic rings. The Kier molecular flexibility index (Phi) is 3.69. The molecule has 5 heteroatoms. The largest absolute Gasteiger partial charge is 0.268 e. The predicted octanol–water partition coefficient (Wildman–Crippen LogP) is 4.02. The maximum Gasteiger partial charge on any atom is 0.124 e. The van der Waals surface area contributed by atoms with Crippen LogP contribution in [0.25, 0.3) is 0 Å². The van der Waals surface area contributed by atoms with Gasteiger partial charge in [0.2, 0.25) is 0 Å². The maximum absolute atomic E-state index is 12.9. The second-order valence-electron chi connectivity index (χ2n) is 3.82. The monoisotopic (exact) mass is 272 g/mol. The second-order valence-corrected chi connectivity index (χ2v) is 4.88. The van der Waals surface area contributed by atoms with E-state index in [0.29, 0.717) is 11.6 Å². The molecule has 0 aliphatic carbocycles. The Morgan fingerprint density at radius 2 is 2.24 bits per heavy atom. The quantitative estimate of drug-likeness (QED) is 0.772. The third kappa shape index (κ3) is 2.99. The smallest absolute Gasteiger partial charge is 0.124 e. The van der Waals surface area contributed by atoms with Gasteiger partial charge in [-0.25, -0.2) is 4.39 Å². The third-order valence-electron chi connectivity index (χ3n) is 2.46. The van der Waals surface area contributed by atoms with Crippen LogP contribution in [0, 0.1) is 5.82 Å². The Balaban J connectivity index is 2.19. The van der Waals surface area contributed by atoms with E-state index in [1.54, 1.807) is 16.9 Å². The van der Waals surface area contributed by atoms with Gasteiger partial charge in [-0.15, -0.1) is 11.6 Å². The Morgan fingerprint density at radius 3 is 2.82 bits per heavy atom. The molecular formula is C12H11Cl2FN2. The van der Waals surface area contributed by atoms with Crippen LogP contribution in [-0.4, -0.2) is 9.78 Å². The fourth-order valence-electron chi connectivity index (χ4n) is 1.50. The lowest BCUT2D eigenvalue weighted by molar-refractivity contribution is 0.624. The van der Waals surface area contributed by atoms with E-state index in [2.05, 4.69) is 5.10 Å². The van der Waals surface area contributed by atoms with Crippen LogP contribution in [0.1, 0.15) is 23.4 Å². The zero-order valence-corrected chi connectivity index (χ0v) is 10.7. The van der Waals surface area contributed by atoms with Gasteiger partial charge in [0.15, 0.2) is 0 Å². The van der Waals surface area contributed by atoms with Crippen molar-refractivity contribution in [1.82, 2.24) is 9.78 Å². The van der Waals surface area contributed by atoms with Crippen molar-refractivity contribution in [2.24, 2.45) is 0 Å². The van der Waals surface area contributed by atoms with Crippen LogP contribution in [0.5, 0.6) is 0 Å². The number of rotatable bonds is 3. The molecule has 0 saturated heterocycles. The van der Waals surface area contributed by atoms with Crippen molar-refractivity contribution >= 4 is 23.2 Å². The number of alkyl halides is 1. The number of halogens is 3. The van der Waals surface area contributed by atoms with E-state index in [0.717, 1.165) is 11.1 Å². The lowest BCUT2D eigenvalue weighted by atomic mass is 10.2. The van der Waals surface area contributed by atoms with Gasteiger partial charge in [-0.2, -0.15) is 5.10 Å². The van der Waals surface area contributed by atoms with E-state index < -0.39 is 0 Å². The molecule has 90 valence electrons. The van der Waals surface area contributed by atoms with E-state index in [1.807, 2.05) is 13.1 Å². The molecule has 0 spiro atoms. The minimum absolute atomic E-state index is 0.0764. The molecule has 0 aliphatic heterocycles. The topological polar surface area (TPSA) is 17.8 Å². The predicted molar refractivity (Wildman–Crippen MR) is 67.0 cm³/mol. The lowest BCUT2D eigenvalue weighted by Gasteiger charge is -2.04. The molecule has 1 atom stereocenters. The number of benzene rings is 1. The van der Waals surface area contributed by atoms with Crippen LogP contribution in [-0.2, 0) is 6.54 Å². The van der Waals surface area contributed by atoms with Crippen LogP contribution in [0.3, 0.4) is 0 Å². The summed E-state index contributed by atoms with van der Waals surface area (Å²) in [7, 11) is 0.